The number of carbonyl (C=O) groups is 1. The Morgan fingerprint density at radius 3 is 2.47 bits per heavy atom. The molecule has 1 aromatic carbocycles. The molecule has 0 bridgehead atoms. The van der Waals surface area contributed by atoms with Crippen LogP contribution in [-0.2, 0) is 14.8 Å². The number of sulfonamides is 1. The van der Waals surface area contributed by atoms with Gasteiger partial charge in [0.1, 0.15) is 11.5 Å². The summed E-state index contributed by atoms with van der Waals surface area (Å²) in [5.41, 5.74) is 0.627. The first kappa shape index (κ1) is 10.2. The van der Waals surface area contributed by atoms with Gasteiger partial charge in [-0.2, -0.15) is 0 Å². The van der Waals surface area contributed by atoms with Crippen LogP contribution in [0.1, 0.15) is 6.42 Å². The highest BCUT2D eigenvalue weighted by atomic mass is 32.2. The average molecular weight is 225 g/mol. The van der Waals surface area contributed by atoms with Gasteiger partial charge in [-0.15, -0.1) is 0 Å². The molecule has 15 heavy (non-hydrogen) atoms. The van der Waals surface area contributed by atoms with E-state index in [1.165, 1.54) is 4.31 Å². The van der Waals surface area contributed by atoms with Crippen molar-refractivity contribution in [1.29, 1.82) is 0 Å². The van der Waals surface area contributed by atoms with Gasteiger partial charge in [-0.1, -0.05) is 18.2 Å². The molecule has 1 atom stereocenters. The second-order valence-electron chi connectivity index (χ2n) is 3.42. The molecule has 0 aliphatic carbocycles. The number of nitrogens with zero attached hydrogens (tertiary/aromatic N) is 1. The van der Waals surface area contributed by atoms with Crippen molar-refractivity contribution in [2.24, 2.45) is 0 Å². The van der Waals surface area contributed by atoms with Gasteiger partial charge in [-0.3, -0.25) is 4.31 Å². The molecular weight excluding hydrogens is 214 g/mol. The summed E-state index contributed by atoms with van der Waals surface area (Å²) >= 11 is 0. The van der Waals surface area contributed by atoms with Crippen molar-refractivity contribution in [2.75, 3.05) is 10.8 Å². The van der Waals surface area contributed by atoms with Crippen LogP contribution in [0, 0.1) is 0 Å². The lowest BCUT2D eigenvalue weighted by Gasteiger charge is -2.17. The number of aldehydes is 1. The third kappa shape index (κ3) is 1.63. The van der Waals surface area contributed by atoms with E-state index in [4.69, 9.17) is 0 Å². The molecular formula is C10H11NO3S. The smallest absolute Gasteiger partial charge is 0.244 e. The average Bonchev–Trinajstić information content (AvgIpc) is 2.54. The van der Waals surface area contributed by atoms with Crippen LogP contribution in [-0.4, -0.2) is 26.5 Å². The fourth-order valence-corrected chi connectivity index (χ4v) is 3.34. The topological polar surface area (TPSA) is 54.5 Å². The van der Waals surface area contributed by atoms with E-state index in [1.54, 1.807) is 24.3 Å². The molecule has 0 N–H and O–H groups in total. The van der Waals surface area contributed by atoms with Crippen molar-refractivity contribution < 1.29 is 13.2 Å². The zero-order valence-corrected chi connectivity index (χ0v) is 8.85. The molecule has 1 aromatic rings. The maximum Gasteiger partial charge on any atom is 0.244 e. The van der Waals surface area contributed by atoms with Crippen molar-refractivity contribution in [3.8, 4) is 0 Å². The Balaban J connectivity index is 2.38. The third-order valence-corrected chi connectivity index (χ3v) is 4.62. The third-order valence-electron chi connectivity index (χ3n) is 2.50. The van der Waals surface area contributed by atoms with Gasteiger partial charge in [0.25, 0.3) is 0 Å². The van der Waals surface area contributed by atoms with Crippen LogP contribution in [0.4, 0.5) is 5.69 Å². The van der Waals surface area contributed by atoms with Crippen LogP contribution >= 0.6 is 0 Å². The number of rotatable bonds is 2. The minimum atomic E-state index is -3.47. The van der Waals surface area contributed by atoms with Gasteiger partial charge in [0, 0.05) is 6.54 Å². The van der Waals surface area contributed by atoms with Gasteiger partial charge < -0.3 is 4.79 Å². The lowest BCUT2D eigenvalue weighted by Crippen LogP contribution is -2.29. The lowest BCUT2D eigenvalue weighted by molar-refractivity contribution is -0.107. The zero-order valence-electron chi connectivity index (χ0n) is 8.04. The van der Waals surface area contributed by atoms with Crippen LogP contribution in [0.3, 0.4) is 0 Å². The summed E-state index contributed by atoms with van der Waals surface area (Å²) < 4.78 is 24.9. The standard InChI is InChI=1S/C10H11NO3S/c12-8-10-6-7-11(15(10,13)14)9-4-2-1-3-5-9/h1-5,8,10H,6-7H2. The van der Waals surface area contributed by atoms with Crippen LogP contribution in [0.2, 0.25) is 0 Å². The summed E-state index contributed by atoms with van der Waals surface area (Å²) in [4.78, 5) is 10.6. The van der Waals surface area contributed by atoms with Gasteiger partial charge in [0.15, 0.2) is 0 Å². The number of carbonyl (C=O) groups excluding carboxylic acids is 1. The Morgan fingerprint density at radius 2 is 1.93 bits per heavy atom. The van der Waals surface area contributed by atoms with Crippen LogP contribution in [0.15, 0.2) is 30.3 Å². The van der Waals surface area contributed by atoms with Gasteiger partial charge in [-0.25, -0.2) is 8.42 Å². The largest absolute Gasteiger partial charge is 0.302 e. The molecule has 0 aromatic heterocycles. The van der Waals surface area contributed by atoms with E-state index < -0.39 is 15.3 Å². The van der Waals surface area contributed by atoms with E-state index in [0.717, 1.165) is 0 Å². The Hall–Kier alpha value is -1.36. The van der Waals surface area contributed by atoms with Crippen molar-refractivity contribution in [3.63, 3.8) is 0 Å². The molecule has 1 heterocycles. The van der Waals surface area contributed by atoms with Crippen LogP contribution in [0.25, 0.3) is 0 Å². The second kappa shape index (κ2) is 3.66. The maximum absolute atomic E-state index is 11.8. The van der Waals surface area contributed by atoms with Gasteiger partial charge in [0.2, 0.25) is 10.0 Å². The predicted octanol–water partition coefficient (Wildman–Crippen LogP) is 0.794. The quantitative estimate of drug-likeness (QED) is 0.699. The summed E-state index contributed by atoms with van der Waals surface area (Å²) in [6.07, 6.45) is 0.888. The van der Waals surface area contributed by atoms with Crippen molar-refractivity contribution >= 4 is 22.0 Å². The lowest BCUT2D eigenvalue weighted by atomic mass is 10.3. The van der Waals surface area contributed by atoms with Crippen LogP contribution in [0.5, 0.6) is 0 Å². The Bertz CT molecular complexity index is 455. The highest BCUT2D eigenvalue weighted by Gasteiger charge is 2.38. The molecule has 0 saturated carbocycles. The summed E-state index contributed by atoms with van der Waals surface area (Å²) in [6.45, 7) is 0.385. The van der Waals surface area contributed by atoms with E-state index in [-0.39, 0.29) is 0 Å². The highest BCUT2D eigenvalue weighted by Crippen LogP contribution is 2.27. The fourth-order valence-electron chi connectivity index (χ4n) is 1.69. The number of hydrogen-bond donors (Lipinski definition) is 0. The Labute approximate surface area is 88.6 Å². The monoisotopic (exact) mass is 225 g/mol. The number of benzene rings is 1. The van der Waals surface area contributed by atoms with E-state index in [0.29, 0.717) is 24.9 Å². The normalized spacial score (nSPS) is 24.0. The molecule has 1 saturated heterocycles. The van der Waals surface area contributed by atoms with E-state index in [9.17, 15) is 13.2 Å². The molecule has 1 fully saturated rings. The summed E-state index contributed by atoms with van der Waals surface area (Å²) in [5.74, 6) is 0. The minimum Gasteiger partial charge on any atom is -0.302 e. The summed E-state index contributed by atoms with van der Waals surface area (Å²) in [6, 6.07) is 8.83. The van der Waals surface area contributed by atoms with E-state index in [2.05, 4.69) is 0 Å². The maximum atomic E-state index is 11.8. The first-order valence-corrected chi connectivity index (χ1v) is 6.18. The molecule has 1 unspecified atom stereocenters. The predicted molar refractivity (Wildman–Crippen MR) is 57.2 cm³/mol. The van der Waals surface area contributed by atoms with Gasteiger partial charge >= 0.3 is 0 Å². The molecule has 0 amide bonds. The zero-order chi connectivity index (χ0) is 10.9. The molecule has 0 radical (unpaired) electrons. The van der Waals surface area contributed by atoms with E-state index >= 15 is 0 Å². The SMILES string of the molecule is O=CC1CCN(c2ccccc2)S1(=O)=O. The molecule has 0 spiro atoms. The second-order valence-corrected chi connectivity index (χ2v) is 5.49. The Morgan fingerprint density at radius 1 is 1.27 bits per heavy atom. The molecule has 80 valence electrons. The Kier molecular flexibility index (Phi) is 2.48. The number of anilines is 1. The number of para-hydroxylation sites is 1. The van der Waals surface area contributed by atoms with Crippen molar-refractivity contribution in [1.82, 2.24) is 0 Å². The first-order valence-electron chi connectivity index (χ1n) is 4.68. The van der Waals surface area contributed by atoms with Crippen molar-refractivity contribution in [2.45, 2.75) is 11.7 Å². The summed E-state index contributed by atoms with van der Waals surface area (Å²) in [7, 11) is -3.47. The highest BCUT2D eigenvalue weighted by molar-refractivity contribution is 7.94. The molecule has 2 rings (SSSR count). The minimum absolute atomic E-state index is 0.376. The van der Waals surface area contributed by atoms with E-state index in [1.807, 2.05) is 6.07 Å². The molecule has 1 aliphatic heterocycles. The van der Waals surface area contributed by atoms with Crippen molar-refractivity contribution in [3.05, 3.63) is 30.3 Å². The van der Waals surface area contributed by atoms with Crippen LogP contribution < -0.4 is 4.31 Å². The number of hydrogen-bond acceptors (Lipinski definition) is 3. The first-order chi connectivity index (χ1) is 7.16. The van der Waals surface area contributed by atoms with Gasteiger partial charge in [-0.05, 0) is 18.6 Å². The van der Waals surface area contributed by atoms with Gasteiger partial charge in [0.05, 0.1) is 5.69 Å². The molecule has 5 heteroatoms. The summed E-state index contributed by atoms with van der Waals surface area (Å²) in [5, 5.41) is -0.877. The fraction of sp³-hybridized carbons (Fsp3) is 0.300. The molecule has 1 aliphatic rings. The molecule has 4 nitrogen and oxygen atoms in total.